The zero-order chi connectivity index (χ0) is 14.0. The van der Waals surface area contributed by atoms with Gasteiger partial charge in [0.25, 0.3) is 5.91 Å². The summed E-state index contributed by atoms with van der Waals surface area (Å²) >= 11 is 5.88. The van der Waals surface area contributed by atoms with E-state index in [9.17, 15) is 9.59 Å². The van der Waals surface area contributed by atoms with Crippen LogP contribution in [0.4, 0.5) is 0 Å². The lowest BCUT2D eigenvalue weighted by Gasteiger charge is -2.23. The highest BCUT2D eigenvalue weighted by Gasteiger charge is 2.36. The monoisotopic (exact) mass is 284 g/mol. The zero-order valence-corrected chi connectivity index (χ0v) is 11.8. The Kier molecular flexibility index (Phi) is 4.14. The molecule has 1 atom stereocenters. The van der Waals surface area contributed by atoms with Gasteiger partial charge < -0.3 is 14.2 Å². The summed E-state index contributed by atoms with van der Waals surface area (Å²) in [6.45, 7) is 2.66. The van der Waals surface area contributed by atoms with Crippen LogP contribution in [0.5, 0.6) is 0 Å². The summed E-state index contributed by atoms with van der Waals surface area (Å²) in [6, 6.07) is 1.14. The van der Waals surface area contributed by atoms with E-state index >= 15 is 0 Å². The standard InChI is InChI=1S/C13H17ClN2O3/c1-3-19-13(18)10-5-4-6-16(10)12(17)11-7-9(14)8-15(11)2/h7-8,10H,3-6H2,1-2H3. The van der Waals surface area contributed by atoms with Crippen molar-refractivity contribution in [2.24, 2.45) is 7.05 Å². The van der Waals surface area contributed by atoms with E-state index in [1.165, 1.54) is 0 Å². The van der Waals surface area contributed by atoms with Crippen LogP contribution in [-0.4, -0.2) is 40.5 Å². The summed E-state index contributed by atoms with van der Waals surface area (Å²) in [6.07, 6.45) is 3.14. The van der Waals surface area contributed by atoms with Crippen LogP contribution in [0.2, 0.25) is 5.02 Å². The Labute approximate surface area is 117 Å². The van der Waals surface area contributed by atoms with Crippen molar-refractivity contribution in [2.75, 3.05) is 13.2 Å². The third kappa shape index (κ3) is 2.76. The van der Waals surface area contributed by atoms with Crippen molar-refractivity contribution in [3.63, 3.8) is 0 Å². The number of amides is 1. The first-order chi connectivity index (χ1) is 9.04. The van der Waals surface area contributed by atoms with Gasteiger partial charge in [0.2, 0.25) is 0 Å². The number of nitrogens with zero attached hydrogens (tertiary/aromatic N) is 2. The van der Waals surface area contributed by atoms with Gasteiger partial charge in [-0.15, -0.1) is 0 Å². The van der Waals surface area contributed by atoms with Crippen LogP contribution < -0.4 is 0 Å². The second kappa shape index (κ2) is 5.65. The number of carbonyl (C=O) groups excluding carboxylic acids is 2. The zero-order valence-electron chi connectivity index (χ0n) is 11.1. The number of hydrogen-bond acceptors (Lipinski definition) is 3. The van der Waals surface area contributed by atoms with Crippen LogP contribution in [0.15, 0.2) is 12.3 Å². The normalized spacial score (nSPS) is 18.7. The first-order valence-electron chi connectivity index (χ1n) is 6.34. The van der Waals surface area contributed by atoms with E-state index < -0.39 is 6.04 Å². The molecule has 0 bridgehead atoms. The minimum atomic E-state index is -0.471. The number of rotatable bonds is 3. The molecule has 5 nitrogen and oxygen atoms in total. The molecule has 2 rings (SSSR count). The van der Waals surface area contributed by atoms with Gasteiger partial charge in [0, 0.05) is 19.8 Å². The van der Waals surface area contributed by atoms with Crippen LogP contribution in [0.1, 0.15) is 30.3 Å². The Balaban J connectivity index is 2.18. The predicted molar refractivity (Wildman–Crippen MR) is 71.1 cm³/mol. The Morgan fingerprint density at radius 2 is 2.26 bits per heavy atom. The van der Waals surface area contributed by atoms with Crippen molar-refractivity contribution in [2.45, 2.75) is 25.8 Å². The fourth-order valence-electron chi connectivity index (χ4n) is 2.38. The first kappa shape index (κ1) is 13.9. The lowest BCUT2D eigenvalue weighted by Crippen LogP contribution is -2.42. The molecule has 6 heteroatoms. The Bertz CT molecular complexity index is 498. The van der Waals surface area contributed by atoms with Gasteiger partial charge in [-0.3, -0.25) is 4.79 Å². The van der Waals surface area contributed by atoms with Crippen molar-refractivity contribution in [1.29, 1.82) is 0 Å². The minimum absolute atomic E-state index is 0.176. The minimum Gasteiger partial charge on any atom is -0.464 e. The van der Waals surface area contributed by atoms with E-state index in [2.05, 4.69) is 0 Å². The van der Waals surface area contributed by atoms with Crippen molar-refractivity contribution in [3.05, 3.63) is 23.0 Å². The average molecular weight is 285 g/mol. The van der Waals surface area contributed by atoms with Crippen LogP contribution in [0, 0.1) is 0 Å². The third-order valence-corrected chi connectivity index (χ3v) is 3.47. The molecule has 1 fully saturated rings. The quantitative estimate of drug-likeness (QED) is 0.796. The molecule has 1 aromatic rings. The van der Waals surface area contributed by atoms with E-state index in [0.717, 1.165) is 6.42 Å². The highest BCUT2D eigenvalue weighted by atomic mass is 35.5. The molecule has 0 aliphatic carbocycles. The van der Waals surface area contributed by atoms with E-state index in [-0.39, 0.29) is 11.9 Å². The lowest BCUT2D eigenvalue weighted by atomic mass is 10.2. The van der Waals surface area contributed by atoms with Gasteiger partial charge in [0.05, 0.1) is 11.6 Å². The van der Waals surface area contributed by atoms with Crippen LogP contribution in [0.25, 0.3) is 0 Å². The smallest absolute Gasteiger partial charge is 0.328 e. The van der Waals surface area contributed by atoms with Crippen molar-refractivity contribution < 1.29 is 14.3 Å². The highest BCUT2D eigenvalue weighted by Crippen LogP contribution is 2.23. The summed E-state index contributed by atoms with van der Waals surface area (Å²) in [4.78, 5) is 25.8. The molecule has 1 unspecified atom stereocenters. The largest absolute Gasteiger partial charge is 0.464 e. The average Bonchev–Trinajstić information content (AvgIpc) is 2.95. The molecule has 0 spiro atoms. The van der Waals surface area contributed by atoms with Crippen LogP contribution in [-0.2, 0) is 16.6 Å². The molecule has 1 saturated heterocycles. The van der Waals surface area contributed by atoms with Gasteiger partial charge in [-0.2, -0.15) is 0 Å². The van der Waals surface area contributed by atoms with E-state index in [1.807, 2.05) is 0 Å². The van der Waals surface area contributed by atoms with Crippen LogP contribution in [0.3, 0.4) is 0 Å². The number of likely N-dealkylation sites (tertiary alicyclic amines) is 1. The molecule has 0 radical (unpaired) electrons. The molecular formula is C13H17ClN2O3. The Hall–Kier alpha value is -1.49. The Morgan fingerprint density at radius 3 is 2.84 bits per heavy atom. The van der Waals surface area contributed by atoms with Crippen molar-refractivity contribution in [1.82, 2.24) is 9.47 Å². The van der Waals surface area contributed by atoms with Crippen molar-refractivity contribution >= 4 is 23.5 Å². The second-order valence-electron chi connectivity index (χ2n) is 4.56. The molecule has 1 aliphatic heterocycles. The van der Waals surface area contributed by atoms with Gasteiger partial charge in [-0.05, 0) is 25.8 Å². The molecule has 104 valence electrons. The van der Waals surface area contributed by atoms with Gasteiger partial charge in [0.1, 0.15) is 11.7 Å². The number of hydrogen-bond donors (Lipinski definition) is 0. The molecule has 0 aromatic carbocycles. The predicted octanol–water partition coefficient (Wildman–Crippen LogP) is 1.85. The van der Waals surface area contributed by atoms with E-state index in [4.69, 9.17) is 16.3 Å². The molecule has 0 saturated carbocycles. The second-order valence-corrected chi connectivity index (χ2v) is 5.00. The molecule has 2 heterocycles. The molecular weight excluding hydrogens is 268 g/mol. The summed E-state index contributed by atoms with van der Waals surface area (Å²) in [7, 11) is 1.76. The maximum absolute atomic E-state index is 12.4. The SMILES string of the molecule is CCOC(=O)C1CCCN1C(=O)c1cc(Cl)cn1C. The first-order valence-corrected chi connectivity index (χ1v) is 6.72. The lowest BCUT2D eigenvalue weighted by molar-refractivity contribution is -0.147. The highest BCUT2D eigenvalue weighted by molar-refractivity contribution is 6.31. The number of halogens is 1. The molecule has 1 amide bonds. The maximum atomic E-state index is 12.4. The van der Waals surface area contributed by atoms with Gasteiger partial charge >= 0.3 is 5.97 Å². The van der Waals surface area contributed by atoms with Crippen molar-refractivity contribution in [3.8, 4) is 0 Å². The number of esters is 1. The topological polar surface area (TPSA) is 51.5 Å². The number of carbonyl (C=O) groups is 2. The van der Waals surface area contributed by atoms with E-state index in [0.29, 0.717) is 30.3 Å². The summed E-state index contributed by atoms with van der Waals surface area (Å²) in [5, 5.41) is 0.512. The molecule has 0 N–H and O–H groups in total. The maximum Gasteiger partial charge on any atom is 0.328 e. The fourth-order valence-corrected chi connectivity index (χ4v) is 2.63. The number of aryl methyl sites for hydroxylation is 1. The van der Waals surface area contributed by atoms with E-state index in [1.54, 1.807) is 35.7 Å². The Morgan fingerprint density at radius 1 is 1.53 bits per heavy atom. The number of ether oxygens (including phenoxy) is 1. The van der Waals surface area contributed by atoms with Gasteiger partial charge in [0.15, 0.2) is 0 Å². The molecule has 19 heavy (non-hydrogen) atoms. The summed E-state index contributed by atoms with van der Waals surface area (Å²) in [5.74, 6) is -0.501. The fraction of sp³-hybridized carbons (Fsp3) is 0.538. The summed E-state index contributed by atoms with van der Waals surface area (Å²) < 4.78 is 6.68. The van der Waals surface area contributed by atoms with Gasteiger partial charge in [-0.1, -0.05) is 11.6 Å². The number of aromatic nitrogens is 1. The summed E-state index contributed by atoms with van der Waals surface area (Å²) in [5.41, 5.74) is 0.487. The molecule has 1 aliphatic rings. The van der Waals surface area contributed by atoms with Gasteiger partial charge in [-0.25, -0.2) is 4.79 Å². The molecule has 1 aromatic heterocycles. The van der Waals surface area contributed by atoms with Crippen LogP contribution >= 0.6 is 11.6 Å². The third-order valence-electron chi connectivity index (χ3n) is 3.26.